The Bertz CT molecular complexity index is 692. The summed E-state index contributed by atoms with van der Waals surface area (Å²) in [6, 6.07) is 11.7. The fourth-order valence-electron chi connectivity index (χ4n) is 2.09. The number of benzene rings is 2. The van der Waals surface area contributed by atoms with Gasteiger partial charge in [-0.15, -0.1) is 0 Å². The van der Waals surface area contributed by atoms with Gasteiger partial charge >= 0.3 is 0 Å². The topological polar surface area (TPSA) is 30.2 Å². The van der Waals surface area contributed by atoms with Crippen LogP contribution in [0.3, 0.4) is 0 Å². The zero-order chi connectivity index (χ0) is 11.1. The number of hydrogen-bond donors (Lipinski definition) is 0. The highest BCUT2D eigenvalue weighted by atomic mass is 16.3. The first-order valence-electron chi connectivity index (χ1n) is 5.16. The molecule has 2 nitrogen and oxygen atoms in total. The zero-order valence-corrected chi connectivity index (χ0v) is 8.86. The molecule has 1 aromatic heterocycles. The number of para-hydroxylation sites is 1. The minimum atomic E-state index is 0.617. The molecule has 1 heterocycles. The summed E-state index contributed by atoms with van der Waals surface area (Å²) in [5.41, 5.74) is 3.19. The molecule has 0 fully saturated rings. The Hall–Kier alpha value is -2.09. The first-order valence-corrected chi connectivity index (χ1v) is 5.16. The number of aryl methyl sites for hydroxylation is 1. The van der Waals surface area contributed by atoms with Crippen molar-refractivity contribution in [2.45, 2.75) is 6.92 Å². The first-order chi connectivity index (χ1) is 7.79. The van der Waals surface area contributed by atoms with E-state index in [0.29, 0.717) is 11.1 Å². The Kier molecular flexibility index (Phi) is 1.83. The molecule has 0 amide bonds. The molecule has 0 aliphatic rings. The largest absolute Gasteiger partial charge is 0.455 e. The second-order valence-corrected chi connectivity index (χ2v) is 3.95. The molecule has 3 aromatic rings. The monoisotopic (exact) mass is 210 g/mol. The van der Waals surface area contributed by atoms with Gasteiger partial charge in [-0.2, -0.15) is 0 Å². The quantitative estimate of drug-likeness (QED) is 0.573. The highest BCUT2D eigenvalue weighted by Crippen LogP contribution is 2.31. The lowest BCUT2D eigenvalue weighted by Gasteiger charge is -1.96. The molecule has 0 saturated carbocycles. The summed E-state index contributed by atoms with van der Waals surface area (Å²) >= 11 is 0. The summed E-state index contributed by atoms with van der Waals surface area (Å²) in [5, 5.41) is 2.07. The lowest BCUT2D eigenvalue weighted by Crippen LogP contribution is -1.82. The number of fused-ring (bicyclic) bond motifs is 3. The van der Waals surface area contributed by atoms with Gasteiger partial charge in [-0.05, 0) is 30.7 Å². The number of carbonyl (C=O) groups excluding carboxylic acids is 1. The molecule has 0 spiro atoms. The lowest BCUT2D eigenvalue weighted by atomic mass is 10.1. The molecule has 0 N–H and O–H groups in total. The van der Waals surface area contributed by atoms with Gasteiger partial charge in [0.2, 0.25) is 0 Å². The molecule has 0 aliphatic heterocycles. The maximum atomic E-state index is 11.0. The van der Waals surface area contributed by atoms with Crippen LogP contribution in [0.4, 0.5) is 0 Å². The van der Waals surface area contributed by atoms with Crippen LogP contribution < -0.4 is 0 Å². The average molecular weight is 210 g/mol. The van der Waals surface area contributed by atoms with E-state index in [9.17, 15) is 4.79 Å². The van der Waals surface area contributed by atoms with Crippen LogP contribution in [0.15, 0.2) is 40.8 Å². The van der Waals surface area contributed by atoms with Crippen molar-refractivity contribution in [3.05, 3.63) is 47.5 Å². The molecular weight excluding hydrogens is 200 g/mol. The summed E-state index contributed by atoms with van der Waals surface area (Å²) in [6.45, 7) is 1.98. The SMILES string of the molecule is Cc1cc(C=O)c2oc3ccccc3c2c1. The van der Waals surface area contributed by atoms with Crippen LogP contribution in [-0.4, -0.2) is 6.29 Å². The molecular formula is C14H10O2. The molecule has 0 atom stereocenters. The normalized spacial score (nSPS) is 11.1. The molecule has 2 heteroatoms. The van der Waals surface area contributed by atoms with Crippen molar-refractivity contribution >= 4 is 28.2 Å². The van der Waals surface area contributed by atoms with Crippen molar-refractivity contribution in [3.8, 4) is 0 Å². The van der Waals surface area contributed by atoms with E-state index in [2.05, 4.69) is 0 Å². The van der Waals surface area contributed by atoms with E-state index in [0.717, 1.165) is 28.2 Å². The zero-order valence-electron chi connectivity index (χ0n) is 8.86. The van der Waals surface area contributed by atoms with Gasteiger partial charge in [0.1, 0.15) is 11.2 Å². The van der Waals surface area contributed by atoms with E-state index in [1.54, 1.807) is 0 Å². The van der Waals surface area contributed by atoms with Gasteiger partial charge in [-0.3, -0.25) is 4.79 Å². The number of rotatable bonds is 1. The van der Waals surface area contributed by atoms with Gasteiger partial charge in [0.05, 0.1) is 5.56 Å². The van der Waals surface area contributed by atoms with Crippen molar-refractivity contribution in [1.29, 1.82) is 0 Å². The minimum Gasteiger partial charge on any atom is -0.455 e. The fraction of sp³-hybridized carbons (Fsp3) is 0.0714. The number of hydrogen-bond acceptors (Lipinski definition) is 2. The molecule has 3 rings (SSSR count). The van der Waals surface area contributed by atoms with Crippen LogP contribution in [-0.2, 0) is 0 Å². The van der Waals surface area contributed by atoms with Crippen LogP contribution in [0, 0.1) is 6.92 Å². The van der Waals surface area contributed by atoms with Gasteiger partial charge in [0.25, 0.3) is 0 Å². The predicted octanol–water partition coefficient (Wildman–Crippen LogP) is 3.71. The molecule has 0 radical (unpaired) electrons. The first kappa shape index (κ1) is 9.16. The third-order valence-corrected chi connectivity index (χ3v) is 2.78. The van der Waals surface area contributed by atoms with Crippen LogP contribution in [0.1, 0.15) is 15.9 Å². The third kappa shape index (κ3) is 1.16. The Labute approximate surface area is 92.5 Å². The summed E-state index contributed by atoms with van der Waals surface area (Å²) in [4.78, 5) is 11.0. The van der Waals surface area contributed by atoms with Crippen molar-refractivity contribution in [1.82, 2.24) is 0 Å². The molecule has 2 aromatic carbocycles. The average Bonchev–Trinajstić information content (AvgIpc) is 2.67. The number of aldehydes is 1. The highest BCUT2D eigenvalue weighted by Gasteiger charge is 2.10. The van der Waals surface area contributed by atoms with Crippen LogP contribution >= 0.6 is 0 Å². The summed E-state index contributed by atoms with van der Waals surface area (Å²) in [5.74, 6) is 0. The molecule has 0 aliphatic carbocycles. The van der Waals surface area contributed by atoms with E-state index < -0.39 is 0 Å². The van der Waals surface area contributed by atoms with Crippen molar-refractivity contribution < 1.29 is 9.21 Å². The third-order valence-electron chi connectivity index (χ3n) is 2.78. The fourth-order valence-corrected chi connectivity index (χ4v) is 2.09. The van der Waals surface area contributed by atoms with Crippen LogP contribution in [0.5, 0.6) is 0 Å². The van der Waals surface area contributed by atoms with Crippen LogP contribution in [0.2, 0.25) is 0 Å². The van der Waals surface area contributed by atoms with E-state index in [1.165, 1.54) is 0 Å². The molecule has 78 valence electrons. The second-order valence-electron chi connectivity index (χ2n) is 3.95. The Morgan fingerprint density at radius 2 is 1.94 bits per heavy atom. The highest BCUT2D eigenvalue weighted by molar-refractivity contribution is 6.09. The van der Waals surface area contributed by atoms with Crippen molar-refractivity contribution in [2.24, 2.45) is 0 Å². The Morgan fingerprint density at radius 3 is 2.75 bits per heavy atom. The molecule has 16 heavy (non-hydrogen) atoms. The molecule has 0 bridgehead atoms. The van der Waals surface area contributed by atoms with Gasteiger partial charge in [0, 0.05) is 10.8 Å². The van der Waals surface area contributed by atoms with E-state index >= 15 is 0 Å². The van der Waals surface area contributed by atoms with E-state index in [-0.39, 0.29) is 0 Å². The van der Waals surface area contributed by atoms with E-state index in [1.807, 2.05) is 43.3 Å². The summed E-state index contributed by atoms with van der Waals surface area (Å²) in [7, 11) is 0. The maximum Gasteiger partial charge on any atom is 0.153 e. The smallest absolute Gasteiger partial charge is 0.153 e. The van der Waals surface area contributed by atoms with E-state index in [4.69, 9.17) is 4.42 Å². The van der Waals surface area contributed by atoms with Crippen LogP contribution in [0.25, 0.3) is 21.9 Å². The summed E-state index contributed by atoms with van der Waals surface area (Å²) < 4.78 is 5.70. The predicted molar refractivity (Wildman–Crippen MR) is 63.8 cm³/mol. The van der Waals surface area contributed by atoms with Gasteiger partial charge in [-0.1, -0.05) is 18.2 Å². The second kappa shape index (κ2) is 3.20. The molecule has 0 unspecified atom stereocenters. The standard InChI is InChI=1S/C14H10O2/c1-9-6-10(8-15)14-12(7-9)11-4-2-3-5-13(11)16-14/h2-8H,1H3. The van der Waals surface area contributed by atoms with Gasteiger partial charge < -0.3 is 4.42 Å². The number of furan rings is 1. The van der Waals surface area contributed by atoms with Gasteiger partial charge in [0.15, 0.2) is 6.29 Å². The molecule has 0 saturated heterocycles. The minimum absolute atomic E-state index is 0.617. The lowest BCUT2D eigenvalue weighted by molar-refractivity contribution is 0.112. The Balaban J connectivity index is 2.59. The Morgan fingerprint density at radius 1 is 1.12 bits per heavy atom. The van der Waals surface area contributed by atoms with Gasteiger partial charge in [-0.25, -0.2) is 0 Å². The number of carbonyl (C=O) groups is 1. The van der Waals surface area contributed by atoms with Crippen molar-refractivity contribution in [3.63, 3.8) is 0 Å². The summed E-state index contributed by atoms with van der Waals surface area (Å²) in [6.07, 6.45) is 0.845. The van der Waals surface area contributed by atoms with Crippen molar-refractivity contribution in [2.75, 3.05) is 0 Å². The maximum absolute atomic E-state index is 11.0.